The molecule has 1 heterocycles. The number of carboxylic acid groups (broad SMARTS) is 1. The van der Waals surface area contributed by atoms with Gasteiger partial charge in [0.1, 0.15) is 5.75 Å². The number of fused-ring (bicyclic) bond motifs is 1. The third-order valence-corrected chi connectivity index (χ3v) is 6.14. The minimum absolute atomic E-state index is 0.0332. The number of nitrogens with zero attached hydrogens (tertiary/aromatic N) is 1. The van der Waals surface area contributed by atoms with E-state index in [1.165, 1.54) is 57.6 Å². The Morgan fingerprint density at radius 1 is 1.06 bits per heavy atom. The highest BCUT2D eigenvalue weighted by molar-refractivity contribution is 6.22. The lowest BCUT2D eigenvalue weighted by Crippen LogP contribution is -2.31. The van der Waals surface area contributed by atoms with Crippen LogP contribution in [0.2, 0.25) is 0 Å². The molecule has 1 aliphatic carbocycles. The predicted octanol–water partition coefficient (Wildman–Crippen LogP) is 4.24. The van der Waals surface area contributed by atoms with Gasteiger partial charge in [-0.15, -0.1) is 0 Å². The molecule has 2 N–H and O–H groups in total. The first-order chi connectivity index (χ1) is 15.4. The van der Waals surface area contributed by atoms with Crippen molar-refractivity contribution in [1.82, 2.24) is 4.90 Å². The van der Waals surface area contributed by atoms with Crippen molar-refractivity contribution in [2.45, 2.75) is 71.1 Å². The second-order valence-corrected chi connectivity index (χ2v) is 8.68. The zero-order valence-corrected chi connectivity index (χ0v) is 18.7. The van der Waals surface area contributed by atoms with Gasteiger partial charge in [-0.05, 0) is 37.3 Å². The van der Waals surface area contributed by atoms with Crippen LogP contribution in [0.5, 0.6) is 5.75 Å². The number of imide groups is 1. The summed E-state index contributed by atoms with van der Waals surface area (Å²) in [6, 6.07) is 2.99. The fraction of sp³-hybridized carbons (Fsp3) is 0.583. The molecule has 0 bridgehead atoms. The lowest BCUT2D eigenvalue weighted by Gasteiger charge is -2.21. The van der Waals surface area contributed by atoms with Crippen LogP contribution in [0, 0.1) is 5.92 Å². The van der Waals surface area contributed by atoms with Crippen LogP contribution in [0.3, 0.4) is 0 Å². The number of hydrogen-bond acceptors (Lipinski definition) is 5. The number of benzene rings is 1. The van der Waals surface area contributed by atoms with Crippen molar-refractivity contribution in [3.05, 3.63) is 23.3 Å². The monoisotopic (exact) mass is 444 g/mol. The van der Waals surface area contributed by atoms with Crippen molar-refractivity contribution < 1.29 is 29.0 Å². The fourth-order valence-electron chi connectivity index (χ4n) is 4.51. The molecule has 1 aromatic carbocycles. The number of aliphatic carboxylic acids is 1. The van der Waals surface area contributed by atoms with Crippen LogP contribution in [0.25, 0.3) is 0 Å². The minimum Gasteiger partial charge on any atom is -0.491 e. The van der Waals surface area contributed by atoms with Crippen LogP contribution in [0.1, 0.15) is 91.8 Å². The Bertz CT molecular complexity index is 875. The number of carbonyl (C=O) groups excluding carboxylic acids is 3. The molecule has 3 amide bonds. The van der Waals surface area contributed by atoms with Gasteiger partial charge in [0.25, 0.3) is 11.8 Å². The smallest absolute Gasteiger partial charge is 0.303 e. The van der Waals surface area contributed by atoms with Crippen LogP contribution in [0.15, 0.2) is 12.1 Å². The number of carboxylic acids is 1. The van der Waals surface area contributed by atoms with E-state index < -0.39 is 17.8 Å². The summed E-state index contributed by atoms with van der Waals surface area (Å²) in [4.78, 5) is 48.9. The first kappa shape index (κ1) is 23.8. The molecule has 8 nitrogen and oxygen atoms in total. The molecule has 0 atom stereocenters. The summed E-state index contributed by atoms with van der Waals surface area (Å²) in [6.07, 6.45) is 9.85. The van der Waals surface area contributed by atoms with Gasteiger partial charge in [-0.3, -0.25) is 24.1 Å². The lowest BCUT2D eigenvalue weighted by atomic mass is 9.86. The highest BCUT2D eigenvalue weighted by atomic mass is 16.5. The molecule has 0 spiro atoms. The van der Waals surface area contributed by atoms with Crippen molar-refractivity contribution in [3.63, 3.8) is 0 Å². The van der Waals surface area contributed by atoms with Crippen LogP contribution in [-0.4, -0.2) is 46.8 Å². The predicted molar refractivity (Wildman–Crippen MR) is 119 cm³/mol. The molecule has 32 heavy (non-hydrogen) atoms. The van der Waals surface area contributed by atoms with E-state index in [1.54, 1.807) is 0 Å². The van der Waals surface area contributed by atoms with Gasteiger partial charge in [0.05, 0.1) is 23.4 Å². The Morgan fingerprint density at radius 2 is 1.75 bits per heavy atom. The van der Waals surface area contributed by atoms with E-state index >= 15 is 0 Å². The van der Waals surface area contributed by atoms with Gasteiger partial charge in [0, 0.05) is 19.9 Å². The van der Waals surface area contributed by atoms with Crippen LogP contribution in [0.4, 0.5) is 5.69 Å². The fourth-order valence-corrected chi connectivity index (χ4v) is 4.51. The largest absolute Gasteiger partial charge is 0.491 e. The average molecular weight is 445 g/mol. The molecular weight excluding hydrogens is 412 g/mol. The maximum Gasteiger partial charge on any atom is 0.303 e. The van der Waals surface area contributed by atoms with Gasteiger partial charge < -0.3 is 15.2 Å². The second kappa shape index (κ2) is 11.1. The van der Waals surface area contributed by atoms with Crippen LogP contribution >= 0.6 is 0 Å². The van der Waals surface area contributed by atoms with E-state index in [1.807, 2.05) is 0 Å². The van der Waals surface area contributed by atoms with Crippen molar-refractivity contribution in [3.8, 4) is 5.75 Å². The topological polar surface area (TPSA) is 113 Å². The molecule has 0 aromatic heterocycles. The summed E-state index contributed by atoms with van der Waals surface area (Å²) >= 11 is 0. The summed E-state index contributed by atoms with van der Waals surface area (Å²) in [5, 5.41) is 11.5. The van der Waals surface area contributed by atoms with Gasteiger partial charge in [-0.25, -0.2) is 0 Å². The number of amides is 3. The second-order valence-electron chi connectivity index (χ2n) is 8.68. The molecular formula is C24H32N2O6. The number of rotatable bonds is 11. The maximum absolute atomic E-state index is 12.7. The quantitative estimate of drug-likeness (QED) is 0.390. The SMILES string of the molecule is CC(=O)Nc1cc2c(cc1OCCCCC1CCCCC1)C(=O)N(CCCC(=O)O)C2=O. The molecule has 174 valence electrons. The molecule has 3 rings (SSSR count). The van der Waals surface area contributed by atoms with Crippen molar-refractivity contribution in [2.24, 2.45) is 5.92 Å². The van der Waals surface area contributed by atoms with E-state index in [0.29, 0.717) is 18.0 Å². The van der Waals surface area contributed by atoms with Gasteiger partial charge >= 0.3 is 5.97 Å². The minimum atomic E-state index is -0.978. The first-order valence-electron chi connectivity index (χ1n) is 11.5. The summed E-state index contributed by atoms with van der Waals surface area (Å²) < 4.78 is 5.91. The van der Waals surface area contributed by atoms with E-state index in [9.17, 15) is 19.2 Å². The standard InChI is InChI=1S/C24H32N2O6/c1-16(27)25-20-14-18-19(24(31)26(23(18)30)12-7-11-22(28)29)15-21(20)32-13-6-5-10-17-8-3-2-4-9-17/h14-15,17H,2-13H2,1H3,(H,25,27)(H,28,29). The zero-order valence-electron chi connectivity index (χ0n) is 18.7. The van der Waals surface area contributed by atoms with Crippen LogP contribution < -0.4 is 10.1 Å². The molecule has 8 heteroatoms. The van der Waals surface area contributed by atoms with Crippen LogP contribution in [-0.2, 0) is 9.59 Å². The van der Waals surface area contributed by atoms with Gasteiger partial charge in [-0.1, -0.05) is 38.5 Å². The normalized spacial score (nSPS) is 16.2. The van der Waals surface area contributed by atoms with Gasteiger partial charge in [0.2, 0.25) is 5.91 Å². The summed E-state index contributed by atoms with van der Waals surface area (Å²) in [7, 11) is 0. The molecule has 0 unspecified atom stereocenters. The highest BCUT2D eigenvalue weighted by Crippen LogP contribution is 2.34. The van der Waals surface area contributed by atoms with Gasteiger partial charge in [0.15, 0.2) is 0 Å². The summed E-state index contributed by atoms with van der Waals surface area (Å²) in [6.45, 7) is 1.86. The molecule has 1 aromatic rings. The zero-order chi connectivity index (χ0) is 23.1. The Morgan fingerprint density at radius 3 is 2.41 bits per heavy atom. The molecule has 0 radical (unpaired) electrons. The Kier molecular flexibility index (Phi) is 8.25. The van der Waals surface area contributed by atoms with E-state index in [4.69, 9.17) is 9.84 Å². The summed E-state index contributed by atoms with van der Waals surface area (Å²) in [5.74, 6) is -1.05. The number of anilines is 1. The summed E-state index contributed by atoms with van der Waals surface area (Å²) in [5.41, 5.74) is 0.771. The number of hydrogen-bond donors (Lipinski definition) is 2. The van der Waals surface area contributed by atoms with Crippen molar-refractivity contribution in [1.29, 1.82) is 0 Å². The Hall–Kier alpha value is -2.90. The third-order valence-electron chi connectivity index (χ3n) is 6.14. The van der Waals surface area contributed by atoms with Gasteiger partial charge in [-0.2, -0.15) is 0 Å². The highest BCUT2D eigenvalue weighted by Gasteiger charge is 2.36. The first-order valence-corrected chi connectivity index (χ1v) is 11.5. The van der Waals surface area contributed by atoms with E-state index in [-0.39, 0.29) is 36.4 Å². The average Bonchev–Trinajstić information content (AvgIpc) is 2.98. The number of carbonyl (C=O) groups is 4. The maximum atomic E-state index is 12.7. The van der Waals surface area contributed by atoms with E-state index in [0.717, 1.165) is 23.7 Å². The molecule has 1 saturated carbocycles. The molecule has 2 aliphatic rings. The number of ether oxygens (including phenoxy) is 1. The number of nitrogens with one attached hydrogen (secondary N) is 1. The third kappa shape index (κ3) is 6.08. The Labute approximate surface area is 188 Å². The number of unbranched alkanes of at least 4 members (excludes halogenated alkanes) is 1. The molecule has 1 aliphatic heterocycles. The molecule has 1 fully saturated rings. The van der Waals surface area contributed by atoms with Crippen molar-refractivity contribution >= 4 is 29.4 Å². The lowest BCUT2D eigenvalue weighted by molar-refractivity contribution is -0.137. The Balaban J connectivity index is 1.64. The van der Waals surface area contributed by atoms with E-state index in [2.05, 4.69) is 5.32 Å². The molecule has 0 saturated heterocycles. The van der Waals surface area contributed by atoms with Crippen molar-refractivity contribution in [2.75, 3.05) is 18.5 Å².